The summed E-state index contributed by atoms with van der Waals surface area (Å²) in [5.41, 5.74) is 21.5. The van der Waals surface area contributed by atoms with E-state index in [1.54, 1.807) is 11.1 Å². The normalized spacial score (nSPS) is 26.8. The molecular weight excluding hydrogens is 699 g/mol. The van der Waals surface area contributed by atoms with E-state index in [0.717, 1.165) is 11.8 Å². The molecule has 0 aromatic heterocycles. The molecule has 1 nitrogen and oxygen atoms in total. The molecule has 13 rings (SSSR count). The molecule has 4 saturated carbocycles. The maximum Gasteiger partial charge on any atom is 0.0543 e. The summed E-state index contributed by atoms with van der Waals surface area (Å²) >= 11 is 0. The van der Waals surface area contributed by atoms with Crippen molar-refractivity contribution in [1.29, 1.82) is 0 Å². The molecule has 0 saturated heterocycles. The summed E-state index contributed by atoms with van der Waals surface area (Å²) in [5.74, 6) is 3.24. The predicted molar refractivity (Wildman–Crippen MR) is 243 cm³/mol. The van der Waals surface area contributed by atoms with Crippen molar-refractivity contribution in [3.8, 4) is 33.4 Å². The quantitative estimate of drug-likeness (QED) is 0.173. The highest BCUT2D eigenvalue weighted by Crippen LogP contribution is 2.70. The highest BCUT2D eigenvalue weighted by atomic mass is 15.1. The van der Waals surface area contributed by atoms with E-state index in [1.807, 2.05) is 0 Å². The molecule has 4 bridgehead atoms. The van der Waals surface area contributed by atoms with Gasteiger partial charge in [0.2, 0.25) is 0 Å². The van der Waals surface area contributed by atoms with E-state index in [-0.39, 0.29) is 21.7 Å². The van der Waals surface area contributed by atoms with Crippen molar-refractivity contribution < 1.29 is 0 Å². The minimum Gasteiger partial charge on any atom is -0.310 e. The zero-order valence-electron chi connectivity index (χ0n) is 35.3. The Morgan fingerprint density at radius 1 is 0.414 bits per heavy atom. The van der Waals surface area contributed by atoms with Crippen LogP contribution in [-0.2, 0) is 21.7 Å². The summed E-state index contributed by atoms with van der Waals surface area (Å²) in [7, 11) is 0. The first kappa shape index (κ1) is 35.1. The molecule has 7 aliphatic carbocycles. The van der Waals surface area contributed by atoms with Crippen LogP contribution in [0.5, 0.6) is 0 Å². The smallest absolute Gasteiger partial charge is 0.0543 e. The summed E-state index contributed by atoms with van der Waals surface area (Å²) in [6.45, 7) is 14.7. The van der Waals surface area contributed by atoms with Crippen LogP contribution in [0.1, 0.15) is 120 Å². The van der Waals surface area contributed by atoms with Gasteiger partial charge in [-0.15, -0.1) is 0 Å². The van der Waals surface area contributed by atoms with Crippen LogP contribution >= 0.6 is 0 Å². The molecule has 1 heteroatoms. The zero-order chi connectivity index (χ0) is 39.3. The lowest BCUT2D eigenvalue weighted by atomic mass is 9.43. The predicted octanol–water partition coefficient (Wildman–Crippen LogP) is 15.2. The topological polar surface area (TPSA) is 3.24 Å². The molecule has 0 atom stereocenters. The number of anilines is 3. The average molecular weight is 756 g/mol. The van der Waals surface area contributed by atoms with E-state index in [1.165, 1.54) is 118 Å². The third-order valence-corrected chi connectivity index (χ3v) is 16.9. The van der Waals surface area contributed by atoms with E-state index < -0.39 is 0 Å². The molecule has 0 N–H and O–H groups in total. The van der Waals surface area contributed by atoms with Crippen molar-refractivity contribution in [3.63, 3.8) is 0 Å². The van der Waals surface area contributed by atoms with Gasteiger partial charge in [0.15, 0.2) is 0 Å². The average Bonchev–Trinajstić information content (AvgIpc) is 3.63. The molecule has 1 spiro atoms. The van der Waals surface area contributed by atoms with Crippen molar-refractivity contribution in [3.05, 3.63) is 161 Å². The number of hydrogen-bond acceptors (Lipinski definition) is 1. The van der Waals surface area contributed by atoms with Crippen LogP contribution < -0.4 is 4.90 Å². The second kappa shape index (κ2) is 11.9. The fraction of sp³-hybridized carbons (Fsp3) is 0.368. The first-order valence-corrected chi connectivity index (χ1v) is 22.5. The Morgan fingerprint density at radius 3 is 1.66 bits per heavy atom. The van der Waals surface area contributed by atoms with E-state index in [2.05, 4.69) is 174 Å². The third kappa shape index (κ3) is 4.65. The lowest BCUT2D eigenvalue weighted by Crippen LogP contribution is -2.55. The molecular formula is C57H57N. The highest BCUT2D eigenvalue weighted by Gasteiger charge is 2.61. The second-order valence-corrected chi connectivity index (χ2v) is 21.2. The standard InChI is InChI=1S/C57H57N/c1-54(2)24-25-55(3,4)52-32-41(21-23-49(52)54)58(40-20-22-44-42-16-10-12-18-47(42)56(5,6)50(44)31-40)53-34-51-46(33-45(53)37-14-8-7-9-15-37)43-17-11-13-19-48(43)57(51)38-27-35-26-36(29-38)30-39(57)28-35/h7-23,31-36,38-39H,24-30H2,1-6H3. The number of rotatable bonds is 4. The number of fused-ring (bicyclic) bond motifs is 7. The largest absolute Gasteiger partial charge is 0.310 e. The van der Waals surface area contributed by atoms with Crippen LogP contribution in [0.15, 0.2) is 127 Å². The molecule has 0 aliphatic heterocycles. The SMILES string of the molecule is CC1(C)CCC(C)(C)c2cc(N(c3ccc4c(c3)C(C)(C)c3ccccc3-4)c3cc4c(cc3-c3ccccc3)-c3ccccc3C43C4CC5CC(C4)CC3C5)ccc21. The van der Waals surface area contributed by atoms with Crippen LogP contribution in [0.3, 0.4) is 0 Å². The van der Waals surface area contributed by atoms with Gasteiger partial charge in [-0.05, 0) is 177 Å². The minimum absolute atomic E-state index is 0.0818. The van der Waals surface area contributed by atoms with E-state index in [9.17, 15) is 0 Å². The molecule has 0 radical (unpaired) electrons. The Labute approximate surface area is 346 Å². The second-order valence-electron chi connectivity index (χ2n) is 21.2. The van der Waals surface area contributed by atoms with Crippen LogP contribution in [0, 0.1) is 23.7 Å². The molecule has 58 heavy (non-hydrogen) atoms. The van der Waals surface area contributed by atoms with Crippen LogP contribution in [0.4, 0.5) is 17.1 Å². The molecule has 0 unspecified atom stereocenters. The maximum absolute atomic E-state index is 2.74. The minimum atomic E-state index is -0.0955. The first-order valence-electron chi connectivity index (χ1n) is 22.5. The van der Waals surface area contributed by atoms with Gasteiger partial charge in [0.1, 0.15) is 0 Å². The monoisotopic (exact) mass is 755 g/mol. The fourth-order valence-corrected chi connectivity index (χ4v) is 14.2. The number of benzene rings is 6. The van der Waals surface area contributed by atoms with Gasteiger partial charge < -0.3 is 4.90 Å². The lowest BCUT2D eigenvalue weighted by Gasteiger charge is -2.61. The summed E-state index contributed by atoms with van der Waals surface area (Å²) in [6, 6.07) is 50.3. The fourth-order valence-electron chi connectivity index (χ4n) is 14.2. The Kier molecular flexibility index (Phi) is 7.18. The molecule has 0 amide bonds. The molecule has 6 aromatic carbocycles. The summed E-state index contributed by atoms with van der Waals surface area (Å²) < 4.78 is 0. The van der Waals surface area contributed by atoms with Crippen molar-refractivity contribution in [2.24, 2.45) is 23.7 Å². The van der Waals surface area contributed by atoms with Crippen molar-refractivity contribution >= 4 is 17.1 Å². The molecule has 6 aromatic rings. The first-order chi connectivity index (χ1) is 27.9. The summed E-state index contributed by atoms with van der Waals surface area (Å²) in [6.07, 6.45) is 9.42. The van der Waals surface area contributed by atoms with Crippen molar-refractivity contribution in [1.82, 2.24) is 0 Å². The van der Waals surface area contributed by atoms with Crippen molar-refractivity contribution in [2.75, 3.05) is 4.90 Å². The van der Waals surface area contributed by atoms with Gasteiger partial charge in [0.25, 0.3) is 0 Å². The van der Waals surface area contributed by atoms with Gasteiger partial charge in [0.05, 0.1) is 5.69 Å². The molecule has 0 heterocycles. The van der Waals surface area contributed by atoms with Gasteiger partial charge in [-0.1, -0.05) is 133 Å². The molecule has 4 fully saturated rings. The maximum atomic E-state index is 2.74. The molecule has 290 valence electrons. The number of nitrogens with zero attached hydrogens (tertiary/aromatic N) is 1. The van der Waals surface area contributed by atoms with Gasteiger partial charge >= 0.3 is 0 Å². The van der Waals surface area contributed by atoms with Gasteiger partial charge in [-0.2, -0.15) is 0 Å². The van der Waals surface area contributed by atoms with E-state index in [4.69, 9.17) is 0 Å². The number of hydrogen-bond donors (Lipinski definition) is 0. The third-order valence-electron chi connectivity index (χ3n) is 16.9. The zero-order valence-corrected chi connectivity index (χ0v) is 35.3. The molecule has 7 aliphatic rings. The summed E-state index contributed by atoms with van der Waals surface area (Å²) in [4.78, 5) is 2.69. The van der Waals surface area contributed by atoms with Gasteiger partial charge in [0, 0.05) is 27.8 Å². The van der Waals surface area contributed by atoms with E-state index in [0.29, 0.717) is 11.8 Å². The Bertz CT molecular complexity index is 2640. The Hall–Kier alpha value is -4.88. The van der Waals surface area contributed by atoms with Gasteiger partial charge in [-0.3, -0.25) is 0 Å². The van der Waals surface area contributed by atoms with E-state index >= 15 is 0 Å². The van der Waals surface area contributed by atoms with Crippen LogP contribution in [-0.4, -0.2) is 0 Å². The van der Waals surface area contributed by atoms with Crippen LogP contribution in [0.2, 0.25) is 0 Å². The van der Waals surface area contributed by atoms with Gasteiger partial charge in [-0.25, -0.2) is 0 Å². The Balaban J connectivity index is 1.16. The van der Waals surface area contributed by atoms with Crippen LogP contribution in [0.25, 0.3) is 33.4 Å². The summed E-state index contributed by atoms with van der Waals surface area (Å²) in [5, 5.41) is 0. The van der Waals surface area contributed by atoms with Crippen molar-refractivity contribution in [2.45, 2.75) is 108 Å². The highest BCUT2D eigenvalue weighted by molar-refractivity contribution is 5.96. The lowest BCUT2D eigenvalue weighted by molar-refractivity contribution is -0.0399. The Morgan fingerprint density at radius 2 is 0.966 bits per heavy atom.